The highest BCUT2D eigenvalue weighted by atomic mass is 19.1. The van der Waals surface area contributed by atoms with Crippen LogP contribution in [0.5, 0.6) is 0 Å². The van der Waals surface area contributed by atoms with E-state index >= 15 is 0 Å². The molecule has 0 atom stereocenters. The molecule has 1 aromatic heterocycles. The first kappa shape index (κ1) is 15.1. The van der Waals surface area contributed by atoms with Gasteiger partial charge in [0, 0.05) is 6.54 Å². The fraction of sp³-hybridized carbons (Fsp3) is 0.286. The molecule has 6 nitrogen and oxygen atoms in total. The lowest BCUT2D eigenvalue weighted by Crippen LogP contribution is -2.23. The first-order chi connectivity index (χ1) is 10.1. The van der Waals surface area contributed by atoms with E-state index in [2.05, 4.69) is 10.3 Å². The molecule has 0 aliphatic rings. The van der Waals surface area contributed by atoms with Crippen LogP contribution in [0.4, 0.5) is 10.2 Å². The van der Waals surface area contributed by atoms with Gasteiger partial charge in [-0.15, -0.1) is 0 Å². The third kappa shape index (κ3) is 3.87. The van der Waals surface area contributed by atoms with Crippen molar-refractivity contribution in [1.29, 1.82) is 0 Å². The summed E-state index contributed by atoms with van der Waals surface area (Å²) < 4.78 is 14.5. The second-order valence-corrected chi connectivity index (χ2v) is 4.61. The zero-order valence-electron chi connectivity index (χ0n) is 11.6. The van der Waals surface area contributed by atoms with Gasteiger partial charge >= 0.3 is 5.69 Å². The Morgan fingerprint density at radius 1 is 1.29 bits per heavy atom. The van der Waals surface area contributed by atoms with Gasteiger partial charge in [-0.3, -0.25) is 4.57 Å². The van der Waals surface area contributed by atoms with Crippen molar-refractivity contribution in [2.75, 3.05) is 18.8 Å². The summed E-state index contributed by atoms with van der Waals surface area (Å²) >= 11 is 0. The molecule has 0 amide bonds. The summed E-state index contributed by atoms with van der Waals surface area (Å²) in [6, 6.07) is 7.20. The van der Waals surface area contributed by atoms with Crippen molar-refractivity contribution in [3.05, 3.63) is 52.3 Å². The Labute approximate surface area is 121 Å². The summed E-state index contributed by atoms with van der Waals surface area (Å²) in [4.78, 5) is 15.1. The van der Waals surface area contributed by atoms with E-state index < -0.39 is 17.3 Å². The van der Waals surface area contributed by atoms with Crippen molar-refractivity contribution >= 4 is 5.82 Å². The third-order valence-corrected chi connectivity index (χ3v) is 3.01. The van der Waals surface area contributed by atoms with Crippen LogP contribution < -0.4 is 22.5 Å². The van der Waals surface area contributed by atoms with E-state index in [1.807, 2.05) is 12.1 Å². The van der Waals surface area contributed by atoms with Gasteiger partial charge in [-0.05, 0) is 37.2 Å². The summed E-state index contributed by atoms with van der Waals surface area (Å²) in [6.45, 7) is 2.22. The molecule has 0 spiro atoms. The standard InChI is InChI=1S/C14H18FN5O/c15-12-9-20(14(21)19-13(12)17)11-4-2-10(3-5-11)8-18-7-1-6-16/h2-5,9,18H,1,6-8,16H2,(H2,17,19,21). The fourth-order valence-corrected chi connectivity index (χ4v) is 1.86. The van der Waals surface area contributed by atoms with Gasteiger partial charge in [0.1, 0.15) is 0 Å². The Kier molecular flexibility index (Phi) is 5.02. The number of nitrogens with zero attached hydrogens (tertiary/aromatic N) is 2. The molecule has 5 N–H and O–H groups in total. The molecule has 1 aromatic carbocycles. The molecule has 2 rings (SSSR count). The minimum absolute atomic E-state index is 0.392. The summed E-state index contributed by atoms with van der Waals surface area (Å²) in [5, 5.41) is 3.25. The lowest BCUT2D eigenvalue weighted by Gasteiger charge is -2.08. The molecule has 7 heteroatoms. The molecule has 112 valence electrons. The molecular formula is C14H18FN5O. The molecule has 0 unspecified atom stereocenters. The van der Waals surface area contributed by atoms with Crippen LogP contribution in [-0.2, 0) is 6.54 Å². The monoisotopic (exact) mass is 291 g/mol. The Morgan fingerprint density at radius 2 is 2.00 bits per heavy atom. The third-order valence-electron chi connectivity index (χ3n) is 3.01. The summed E-state index contributed by atoms with van der Waals surface area (Å²) in [5.74, 6) is -1.11. The van der Waals surface area contributed by atoms with Gasteiger partial charge in [0.2, 0.25) is 0 Å². The number of aromatic nitrogens is 2. The van der Waals surface area contributed by atoms with Crippen LogP contribution in [0, 0.1) is 5.82 Å². The number of nitrogens with one attached hydrogen (secondary N) is 1. The number of rotatable bonds is 6. The van der Waals surface area contributed by atoms with Crippen molar-refractivity contribution in [3.8, 4) is 5.69 Å². The number of nitrogen functional groups attached to an aromatic ring is 1. The molecule has 0 aliphatic carbocycles. The summed E-state index contributed by atoms with van der Waals surface area (Å²) in [7, 11) is 0. The maximum Gasteiger partial charge on any atom is 0.354 e. The lowest BCUT2D eigenvalue weighted by molar-refractivity contribution is 0.607. The minimum Gasteiger partial charge on any atom is -0.381 e. The predicted octanol–water partition coefficient (Wildman–Crippen LogP) is 0.392. The van der Waals surface area contributed by atoms with E-state index in [0.29, 0.717) is 18.8 Å². The van der Waals surface area contributed by atoms with E-state index in [-0.39, 0.29) is 0 Å². The van der Waals surface area contributed by atoms with Crippen LogP contribution >= 0.6 is 0 Å². The van der Waals surface area contributed by atoms with Crippen molar-refractivity contribution in [1.82, 2.24) is 14.9 Å². The second-order valence-electron chi connectivity index (χ2n) is 4.61. The Hall–Kier alpha value is -2.25. The van der Waals surface area contributed by atoms with Crippen molar-refractivity contribution in [3.63, 3.8) is 0 Å². The lowest BCUT2D eigenvalue weighted by atomic mass is 10.2. The molecule has 0 bridgehead atoms. The highest BCUT2D eigenvalue weighted by Gasteiger charge is 2.06. The normalized spacial score (nSPS) is 10.8. The molecule has 0 radical (unpaired) electrons. The van der Waals surface area contributed by atoms with Crippen LogP contribution in [0.15, 0.2) is 35.3 Å². The minimum atomic E-state index is -0.720. The number of hydrogen-bond acceptors (Lipinski definition) is 5. The van der Waals surface area contributed by atoms with Gasteiger partial charge in [0.15, 0.2) is 11.6 Å². The highest BCUT2D eigenvalue weighted by Crippen LogP contribution is 2.10. The number of hydrogen-bond donors (Lipinski definition) is 3. The number of benzene rings is 1. The Bertz CT molecular complexity index is 653. The van der Waals surface area contributed by atoms with E-state index in [9.17, 15) is 9.18 Å². The number of anilines is 1. The first-order valence-electron chi connectivity index (χ1n) is 6.66. The summed E-state index contributed by atoms with van der Waals surface area (Å²) in [6.07, 6.45) is 1.96. The molecular weight excluding hydrogens is 273 g/mol. The van der Waals surface area contributed by atoms with Gasteiger partial charge in [-0.2, -0.15) is 4.98 Å². The molecule has 0 saturated carbocycles. The quantitative estimate of drug-likeness (QED) is 0.669. The number of halogens is 1. The van der Waals surface area contributed by atoms with Crippen molar-refractivity contribution in [2.45, 2.75) is 13.0 Å². The SMILES string of the molecule is NCCCNCc1ccc(-n2cc(F)c(N)nc2=O)cc1. The molecule has 0 saturated heterocycles. The highest BCUT2D eigenvalue weighted by molar-refractivity contribution is 5.36. The van der Waals surface area contributed by atoms with E-state index in [1.165, 1.54) is 0 Å². The average molecular weight is 291 g/mol. The molecule has 0 aliphatic heterocycles. The van der Waals surface area contributed by atoms with Crippen LogP contribution in [0.2, 0.25) is 0 Å². The first-order valence-corrected chi connectivity index (χ1v) is 6.66. The van der Waals surface area contributed by atoms with Gasteiger partial charge < -0.3 is 16.8 Å². The largest absolute Gasteiger partial charge is 0.381 e. The fourth-order valence-electron chi connectivity index (χ4n) is 1.86. The van der Waals surface area contributed by atoms with Crippen LogP contribution in [0.3, 0.4) is 0 Å². The van der Waals surface area contributed by atoms with Gasteiger partial charge in [-0.1, -0.05) is 12.1 Å². The van der Waals surface area contributed by atoms with Crippen LogP contribution in [0.1, 0.15) is 12.0 Å². The average Bonchev–Trinajstić information content (AvgIpc) is 2.48. The maximum atomic E-state index is 13.4. The Morgan fingerprint density at radius 3 is 2.67 bits per heavy atom. The number of nitrogens with two attached hydrogens (primary N) is 2. The molecule has 0 fully saturated rings. The van der Waals surface area contributed by atoms with E-state index in [0.717, 1.165) is 29.3 Å². The zero-order valence-corrected chi connectivity index (χ0v) is 11.6. The summed E-state index contributed by atoms with van der Waals surface area (Å²) in [5.41, 5.74) is 11.7. The van der Waals surface area contributed by atoms with Crippen LogP contribution in [-0.4, -0.2) is 22.6 Å². The smallest absolute Gasteiger partial charge is 0.354 e. The topological polar surface area (TPSA) is 99.0 Å². The van der Waals surface area contributed by atoms with Crippen LogP contribution in [0.25, 0.3) is 5.69 Å². The molecule has 1 heterocycles. The zero-order chi connectivity index (χ0) is 15.2. The van der Waals surface area contributed by atoms with Gasteiger partial charge in [0.25, 0.3) is 0 Å². The van der Waals surface area contributed by atoms with E-state index in [1.54, 1.807) is 12.1 Å². The molecule has 2 aromatic rings. The van der Waals surface area contributed by atoms with Crippen molar-refractivity contribution in [2.24, 2.45) is 5.73 Å². The Balaban J connectivity index is 2.12. The van der Waals surface area contributed by atoms with Crippen molar-refractivity contribution < 1.29 is 4.39 Å². The second kappa shape index (κ2) is 6.96. The molecule has 21 heavy (non-hydrogen) atoms. The maximum absolute atomic E-state index is 13.4. The van der Waals surface area contributed by atoms with Gasteiger partial charge in [0.05, 0.1) is 11.9 Å². The van der Waals surface area contributed by atoms with Gasteiger partial charge in [-0.25, -0.2) is 9.18 Å². The van der Waals surface area contributed by atoms with E-state index in [4.69, 9.17) is 11.5 Å². The predicted molar refractivity (Wildman–Crippen MR) is 79.6 cm³/mol.